The van der Waals surface area contributed by atoms with Crippen molar-refractivity contribution in [2.75, 3.05) is 6.54 Å². The summed E-state index contributed by atoms with van der Waals surface area (Å²) in [6.07, 6.45) is 5.79. The van der Waals surface area contributed by atoms with Crippen LogP contribution in [0, 0.1) is 11.8 Å². The zero-order valence-corrected chi connectivity index (χ0v) is 16.2. The molecule has 2 atom stereocenters. The van der Waals surface area contributed by atoms with Crippen LogP contribution in [0.3, 0.4) is 0 Å². The number of carbonyl (C=O) groups is 1. The van der Waals surface area contributed by atoms with Crippen LogP contribution >= 0.6 is 0 Å². The Morgan fingerprint density at radius 1 is 1.05 bits per heavy atom. The van der Waals surface area contributed by atoms with Crippen LogP contribution in [0.5, 0.6) is 0 Å². The first-order valence-corrected chi connectivity index (χ1v) is 9.08. The molecule has 1 amide bonds. The number of hydrogen-bond donors (Lipinski definition) is 0. The number of ether oxygens (including phenoxy) is 1. The Kier molecular flexibility index (Phi) is 9.79. The molecule has 0 aromatic rings. The molecular formula is C19H39NO2. The minimum atomic E-state index is -0.432. The van der Waals surface area contributed by atoms with Gasteiger partial charge >= 0.3 is 6.09 Å². The van der Waals surface area contributed by atoms with Gasteiger partial charge in [-0.2, -0.15) is 0 Å². The molecule has 2 unspecified atom stereocenters. The summed E-state index contributed by atoms with van der Waals surface area (Å²) < 4.78 is 5.62. The number of carbonyl (C=O) groups excluding carboxylic acids is 1. The molecule has 0 aliphatic carbocycles. The summed E-state index contributed by atoms with van der Waals surface area (Å²) >= 11 is 0. The monoisotopic (exact) mass is 313 g/mol. The van der Waals surface area contributed by atoms with Crippen molar-refractivity contribution in [3.63, 3.8) is 0 Å². The normalized spacial score (nSPS) is 14.8. The van der Waals surface area contributed by atoms with Crippen molar-refractivity contribution >= 4 is 6.09 Å². The lowest BCUT2D eigenvalue weighted by atomic mass is 9.95. The predicted molar refractivity (Wildman–Crippen MR) is 95.2 cm³/mol. The van der Waals surface area contributed by atoms with Crippen molar-refractivity contribution in [2.24, 2.45) is 11.8 Å². The molecule has 3 heteroatoms. The van der Waals surface area contributed by atoms with Gasteiger partial charge in [0.05, 0.1) is 0 Å². The summed E-state index contributed by atoms with van der Waals surface area (Å²) in [5.41, 5.74) is -0.432. The summed E-state index contributed by atoms with van der Waals surface area (Å²) in [6.45, 7) is 17.6. The predicted octanol–water partition coefficient (Wildman–Crippen LogP) is 5.87. The van der Waals surface area contributed by atoms with Gasteiger partial charge in [0, 0.05) is 12.6 Å². The molecule has 0 heterocycles. The van der Waals surface area contributed by atoms with E-state index in [2.05, 4.69) is 34.6 Å². The van der Waals surface area contributed by atoms with Crippen molar-refractivity contribution in [1.29, 1.82) is 0 Å². The highest BCUT2D eigenvalue weighted by atomic mass is 16.6. The SMILES string of the molecule is CCCCCC(C)C(C)N(CCC(C)C)C(=O)OC(C)(C)C. The molecule has 0 bridgehead atoms. The Balaban J connectivity index is 4.77. The highest BCUT2D eigenvalue weighted by Crippen LogP contribution is 2.21. The van der Waals surface area contributed by atoms with E-state index in [1.165, 1.54) is 25.7 Å². The molecule has 3 nitrogen and oxygen atoms in total. The quantitative estimate of drug-likeness (QED) is 0.498. The van der Waals surface area contributed by atoms with Gasteiger partial charge in [-0.3, -0.25) is 0 Å². The third kappa shape index (κ3) is 9.32. The van der Waals surface area contributed by atoms with E-state index >= 15 is 0 Å². The van der Waals surface area contributed by atoms with Crippen LogP contribution in [-0.4, -0.2) is 29.2 Å². The van der Waals surface area contributed by atoms with Gasteiger partial charge in [-0.15, -0.1) is 0 Å². The summed E-state index contributed by atoms with van der Waals surface area (Å²) in [5, 5.41) is 0. The Hall–Kier alpha value is -0.730. The molecule has 0 aromatic carbocycles. The van der Waals surface area contributed by atoms with E-state index in [0.29, 0.717) is 11.8 Å². The number of rotatable bonds is 9. The zero-order valence-electron chi connectivity index (χ0n) is 16.2. The Morgan fingerprint density at radius 2 is 1.64 bits per heavy atom. The third-order valence-electron chi connectivity index (χ3n) is 4.15. The van der Waals surface area contributed by atoms with Crippen molar-refractivity contribution in [3.05, 3.63) is 0 Å². The second-order valence-corrected chi connectivity index (χ2v) is 8.07. The molecule has 0 saturated carbocycles. The van der Waals surface area contributed by atoms with E-state index in [4.69, 9.17) is 4.74 Å². The van der Waals surface area contributed by atoms with Crippen molar-refractivity contribution in [2.45, 2.75) is 99.1 Å². The number of hydrogen-bond acceptors (Lipinski definition) is 2. The molecule has 0 rings (SSSR count). The molecule has 0 fully saturated rings. The van der Waals surface area contributed by atoms with Gasteiger partial charge in [-0.25, -0.2) is 4.79 Å². The van der Waals surface area contributed by atoms with Crippen LogP contribution < -0.4 is 0 Å². The smallest absolute Gasteiger partial charge is 0.410 e. The van der Waals surface area contributed by atoms with E-state index < -0.39 is 5.60 Å². The van der Waals surface area contributed by atoms with Crippen molar-refractivity contribution in [1.82, 2.24) is 4.90 Å². The Morgan fingerprint density at radius 3 is 2.09 bits per heavy atom. The van der Waals surface area contributed by atoms with Gasteiger partial charge in [-0.05, 0) is 52.4 Å². The number of unbranched alkanes of at least 4 members (excludes halogenated alkanes) is 2. The Labute approximate surface area is 138 Å². The van der Waals surface area contributed by atoms with Gasteiger partial charge in [0.25, 0.3) is 0 Å². The molecule has 22 heavy (non-hydrogen) atoms. The van der Waals surface area contributed by atoms with E-state index in [1.807, 2.05) is 25.7 Å². The highest BCUT2D eigenvalue weighted by Gasteiger charge is 2.28. The van der Waals surface area contributed by atoms with Crippen LogP contribution in [0.2, 0.25) is 0 Å². The maximum Gasteiger partial charge on any atom is 0.410 e. The second-order valence-electron chi connectivity index (χ2n) is 8.07. The van der Waals surface area contributed by atoms with E-state index in [9.17, 15) is 4.79 Å². The summed E-state index contributed by atoms with van der Waals surface area (Å²) in [5.74, 6) is 1.10. The van der Waals surface area contributed by atoms with Crippen molar-refractivity contribution < 1.29 is 9.53 Å². The first-order chi connectivity index (χ1) is 10.1. The number of amides is 1. The first-order valence-electron chi connectivity index (χ1n) is 9.08. The third-order valence-corrected chi connectivity index (χ3v) is 4.15. The van der Waals surface area contributed by atoms with E-state index in [1.54, 1.807) is 0 Å². The summed E-state index contributed by atoms with van der Waals surface area (Å²) in [4.78, 5) is 14.5. The fraction of sp³-hybridized carbons (Fsp3) is 0.947. The molecule has 0 spiro atoms. The minimum absolute atomic E-state index is 0.164. The molecular weight excluding hydrogens is 274 g/mol. The fourth-order valence-electron chi connectivity index (χ4n) is 2.44. The molecule has 0 radical (unpaired) electrons. The fourth-order valence-corrected chi connectivity index (χ4v) is 2.44. The maximum absolute atomic E-state index is 12.6. The zero-order chi connectivity index (χ0) is 17.3. The average Bonchev–Trinajstić information content (AvgIpc) is 2.36. The lowest BCUT2D eigenvalue weighted by molar-refractivity contribution is 0.0109. The van der Waals surface area contributed by atoms with Gasteiger partial charge in [-0.1, -0.05) is 47.0 Å². The molecule has 0 aliphatic rings. The average molecular weight is 314 g/mol. The molecule has 0 aromatic heterocycles. The van der Waals surface area contributed by atoms with Crippen LogP contribution in [0.4, 0.5) is 4.79 Å². The van der Waals surface area contributed by atoms with Crippen molar-refractivity contribution in [3.8, 4) is 0 Å². The van der Waals surface area contributed by atoms with Crippen LogP contribution in [0.25, 0.3) is 0 Å². The van der Waals surface area contributed by atoms with Crippen LogP contribution in [0.15, 0.2) is 0 Å². The second kappa shape index (κ2) is 10.1. The molecule has 0 saturated heterocycles. The lowest BCUT2D eigenvalue weighted by Crippen LogP contribution is -2.45. The topological polar surface area (TPSA) is 29.5 Å². The molecule has 0 N–H and O–H groups in total. The van der Waals surface area contributed by atoms with Crippen LogP contribution in [-0.2, 0) is 4.74 Å². The highest BCUT2D eigenvalue weighted by molar-refractivity contribution is 5.68. The maximum atomic E-state index is 12.6. The van der Waals surface area contributed by atoms with Gasteiger partial charge in [0.2, 0.25) is 0 Å². The minimum Gasteiger partial charge on any atom is -0.444 e. The lowest BCUT2D eigenvalue weighted by Gasteiger charge is -2.35. The van der Waals surface area contributed by atoms with Gasteiger partial charge in [0.15, 0.2) is 0 Å². The van der Waals surface area contributed by atoms with Gasteiger partial charge < -0.3 is 9.64 Å². The Bertz CT molecular complexity index is 307. The van der Waals surface area contributed by atoms with E-state index in [-0.39, 0.29) is 12.1 Å². The number of nitrogens with zero attached hydrogens (tertiary/aromatic N) is 1. The first kappa shape index (κ1) is 21.3. The molecule has 0 aliphatic heterocycles. The summed E-state index contributed by atoms with van der Waals surface area (Å²) in [6, 6.07) is 0.227. The standard InChI is InChI=1S/C19H39NO2/c1-9-10-11-12-16(4)17(5)20(14-13-15(2)3)18(21)22-19(6,7)8/h15-17H,9-14H2,1-8H3. The van der Waals surface area contributed by atoms with E-state index in [0.717, 1.165) is 13.0 Å². The van der Waals surface area contributed by atoms with Gasteiger partial charge in [0.1, 0.15) is 5.60 Å². The molecule has 132 valence electrons. The summed E-state index contributed by atoms with van der Waals surface area (Å²) in [7, 11) is 0. The van der Waals surface area contributed by atoms with Crippen LogP contribution in [0.1, 0.15) is 87.5 Å². The largest absolute Gasteiger partial charge is 0.444 e.